The van der Waals surface area contributed by atoms with Gasteiger partial charge in [0.05, 0.1) is 24.2 Å². The van der Waals surface area contributed by atoms with Gasteiger partial charge < -0.3 is 4.74 Å². The minimum Gasteiger partial charge on any atom is -0.365 e. The number of piperidine rings is 1. The Morgan fingerprint density at radius 3 is 2.39 bits per heavy atom. The highest BCUT2D eigenvalue weighted by Gasteiger charge is 2.43. The lowest BCUT2D eigenvalue weighted by Gasteiger charge is -2.39. The predicted octanol–water partition coefficient (Wildman–Crippen LogP) is 4.32. The molecule has 3 heterocycles. The zero-order chi connectivity index (χ0) is 25.5. The first kappa shape index (κ1) is 24.6. The van der Waals surface area contributed by atoms with Gasteiger partial charge in [-0.1, -0.05) is 24.3 Å². The molecule has 0 atom stereocenters. The average molecular weight is 516 g/mol. The molecule has 3 aromatic rings. The van der Waals surface area contributed by atoms with Crippen LogP contribution < -0.4 is 0 Å². The number of hydrogen-bond donors (Lipinski definition) is 0. The summed E-state index contributed by atoms with van der Waals surface area (Å²) in [6.07, 6.45) is 4.08. The number of pyridine rings is 1. The second-order valence-corrected chi connectivity index (χ2v) is 10.9. The van der Waals surface area contributed by atoms with Crippen molar-refractivity contribution in [3.8, 4) is 0 Å². The normalized spacial score (nSPS) is 17.9. The summed E-state index contributed by atoms with van der Waals surface area (Å²) in [7, 11) is -3.78. The molecule has 1 aromatic heterocycles. The summed E-state index contributed by atoms with van der Waals surface area (Å²) < 4.78 is 74.3. The van der Waals surface area contributed by atoms with Crippen LogP contribution in [0.4, 0.5) is 13.2 Å². The van der Waals surface area contributed by atoms with E-state index in [2.05, 4.69) is 14.3 Å². The summed E-state index contributed by atoms with van der Waals surface area (Å²) in [5.41, 5.74) is 3.11. The molecule has 0 radical (unpaired) electrons. The van der Waals surface area contributed by atoms with Crippen LogP contribution in [0.25, 0.3) is 0 Å². The van der Waals surface area contributed by atoms with E-state index in [9.17, 15) is 21.6 Å². The Bertz CT molecular complexity index is 1430. The molecule has 2 aliphatic rings. The van der Waals surface area contributed by atoms with Crippen molar-refractivity contribution in [2.75, 3.05) is 19.3 Å². The molecule has 188 valence electrons. The first-order chi connectivity index (χ1) is 17.1. The summed E-state index contributed by atoms with van der Waals surface area (Å²) in [5.74, 6) is -2.60. The van der Waals surface area contributed by atoms with Crippen molar-refractivity contribution >= 4 is 15.7 Å². The molecule has 0 bridgehead atoms. The van der Waals surface area contributed by atoms with Gasteiger partial charge in [0, 0.05) is 42.5 Å². The lowest BCUT2D eigenvalue weighted by atomic mass is 9.84. The summed E-state index contributed by atoms with van der Waals surface area (Å²) >= 11 is 0. The van der Waals surface area contributed by atoms with E-state index in [1.54, 1.807) is 18.3 Å². The van der Waals surface area contributed by atoms with E-state index in [4.69, 9.17) is 4.74 Å². The second kappa shape index (κ2) is 9.42. The maximum absolute atomic E-state index is 13.8. The smallest absolute Gasteiger partial charge is 0.250 e. The highest BCUT2D eigenvalue weighted by molar-refractivity contribution is 7.89. The van der Waals surface area contributed by atoms with Gasteiger partial charge in [-0.25, -0.2) is 22.2 Å². The fourth-order valence-electron chi connectivity index (χ4n) is 4.88. The molecule has 1 saturated heterocycles. The number of likely N-dealkylation sites (tertiary alicyclic amines) is 1. The molecule has 0 N–H and O–H groups in total. The van der Waals surface area contributed by atoms with E-state index >= 15 is 0 Å². The molecular weight excluding hydrogens is 491 g/mol. The molecular formula is C26H24F3N3O3S. The Labute approximate surface area is 207 Å². The van der Waals surface area contributed by atoms with E-state index in [1.165, 1.54) is 12.1 Å². The van der Waals surface area contributed by atoms with E-state index in [-0.39, 0.29) is 11.3 Å². The van der Waals surface area contributed by atoms with Crippen LogP contribution in [0.5, 0.6) is 0 Å². The molecule has 0 unspecified atom stereocenters. The zero-order valence-corrected chi connectivity index (χ0v) is 20.4. The number of halogens is 3. The summed E-state index contributed by atoms with van der Waals surface area (Å²) in [6, 6.07) is 11.8. The standard InChI is InChI=1S/C26H24F3N3O3S/c1-36(33,34)31-25(19-6-7-22(27)23(28)12-19)18-4-2-17(3-5-18)15-32-10-8-26(9-11-32)21-14-30-24(29)13-20(21)16-35-26/h2-7,12-14H,8-11,15-16H2,1H3/b31-25-. The number of benzene rings is 2. The number of nitrogens with zero attached hydrogens (tertiary/aromatic N) is 3. The van der Waals surface area contributed by atoms with Gasteiger partial charge >= 0.3 is 0 Å². The maximum atomic E-state index is 13.8. The molecule has 1 fully saturated rings. The SMILES string of the molecule is CS(=O)(=O)/N=C(/c1ccc(CN2CCC3(CC2)OCc2cc(F)ncc23)cc1)c1ccc(F)c(F)c1. The molecule has 0 aliphatic carbocycles. The fourth-order valence-corrected chi connectivity index (χ4v) is 5.43. The summed E-state index contributed by atoms with van der Waals surface area (Å²) in [6.45, 7) is 2.64. The van der Waals surface area contributed by atoms with Gasteiger partial charge in [-0.2, -0.15) is 8.79 Å². The third-order valence-corrected chi connectivity index (χ3v) is 7.21. The largest absolute Gasteiger partial charge is 0.365 e. The minimum atomic E-state index is -3.78. The Kier molecular flexibility index (Phi) is 6.44. The molecule has 0 amide bonds. The van der Waals surface area contributed by atoms with Gasteiger partial charge in [-0.3, -0.25) is 4.90 Å². The van der Waals surface area contributed by atoms with Crippen molar-refractivity contribution in [2.45, 2.75) is 31.6 Å². The Hall–Kier alpha value is -3.08. The molecule has 0 saturated carbocycles. The Morgan fingerprint density at radius 2 is 1.72 bits per heavy atom. The first-order valence-electron chi connectivity index (χ1n) is 11.5. The Balaban J connectivity index is 1.30. The number of ether oxygens (including phenoxy) is 1. The number of rotatable bonds is 5. The molecule has 10 heteroatoms. The highest BCUT2D eigenvalue weighted by Crippen LogP contribution is 2.44. The quantitative estimate of drug-likeness (QED) is 0.374. The van der Waals surface area contributed by atoms with Crippen LogP contribution in [0.3, 0.4) is 0 Å². The van der Waals surface area contributed by atoms with Gasteiger partial charge in [0.1, 0.15) is 0 Å². The van der Waals surface area contributed by atoms with Crippen molar-refractivity contribution < 1.29 is 26.3 Å². The highest BCUT2D eigenvalue weighted by atomic mass is 32.2. The first-order valence-corrected chi connectivity index (χ1v) is 13.3. The Morgan fingerprint density at radius 1 is 1.03 bits per heavy atom. The van der Waals surface area contributed by atoms with E-state index in [0.29, 0.717) is 18.7 Å². The van der Waals surface area contributed by atoms with E-state index in [0.717, 1.165) is 61.0 Å². The van der Waals surface area contributed by atoms with Crippen molar-refractivity contribution in [1.82, 2.24) is 9.88 Å². The van der Waals surface area contributed by atoms with Crippen LogP contribution in [-0.2, 0) is 33.5 Å². The third-order valence-electron chi connectivity index (χ3n) is 6.70. The van der Waals surface area contributed by atoms with Crippen molar-refractivity contribution in [2.24, 2.45) is 4.40 Å². The zero-order valence-electron chi connectivity index (χ0n) is 19.5. The third kappa shape index (κ3) is 5.07. The van der Waals surface area contributed by atoms with Gasteiger partial charge in [-0.05, 0) is 48.2 Å². The number of sulfonamides is 1. The minimum absolute atomic E-state index is 0.0463. The molecule has 5 rings (SSSR count). The van der Waals surface area contributed by atoms with Crippen LogP contribution in [0.15, 0.2) is 59.1 Å². The van der Waals surface area contributed by atoms with Crippen molar-refractivity contribution in [1.29, 1.82) is 0 Å². The van der Waals surface area contributed by atoms with Gasteiger partial charge in [0.2, 0.25) is 5.95 Å². The van der Waals surface area contributed by atoms with Crippen molar-refractivity contribution in [3.05, 3.63) is 100 Å². The lowest BCUT2D eigenvalue weighted by Crippen LogP contribution is -2.42. The molecule has 1 spiro atoms. The predicted molar refractivity (Wildman–Crippen MR) is 128 cm³/mol. The van der Waals surface area contributed by atoms with Gasteiger partial charge in [0.15, 0.2) is 11.6 Å². The number of hydrogen-bond acceptors (Lipinski definition) is 5. The maximum Gasteiger partial charge on any atom is 0.250 e. The second-order valence-electron chi connectivity index (χ2n) is 9.22. The monoisotopic (exact) mass is 515 g/mol. The van der Waals surface area contributed by atoms with Crippen LogP contribution in [0.2, 0.25) is 0 Å². The average Bonchev–Trinajstić information content (AvgIpc) is 3.18. The van der Waals surface area contributed by atoms with Crippen LogP contribution >= 0.6 is 0 Å². The lowest BCUT2D eigenvalue weighted by molar-refractivity contribution is -0.0800. The number of aromatic nitrogens is 1. The molecule has 2 aliphatic heterocycles. The fraction of sp³-hybridized carbons (Fsp3) is 0.308. The van der Waals surface area contributed by atoms with E-state index in [1.807, 2.05) is 12.1 Å². The summed E-state index contributed by atoms with van der Waals surface area (Å²) in [5, 5.41) is 0. The van der Waals surface area contributed by atoms with Crippen molar-refractivity contribution in [3.63, 3.8) is 0 Å². The van der Waals surface area contributed by atoms with Crippen LogP contribution in [0.1, 0.15) is 40.7 Å². The molecule has 36 heavy (non-hydrogen) atoms. The van der Waals surface area contributed by atoms with Crippen LogP contribution in [-0.4, -0.2) is 43.4 Å². The van der Waals surface area contributed by atoms with Gasteiger partial charge in [0.25, 0.3) is 10.0 Å². The number of fused-ring (bicyclic) bond motifs is 2. The summed E-state index contributed by atoms with van der Waals surface area (Å²) in [4.78, 5) is 6.11. The van der Waals surface area contributed by atoms with Crippen LogP contribution in [0, 0.1) is 17.6 Å². The van der Waals surface area contributed by atoms with E-state index < -0.39 is 33.2 Å². The topological polar surface area (TPSA) is 71.9 Å². The molecule has 2 aromatic carbocycles. The molecule has 6 nitrogen and oxygen atoms in total. The van der Waals surface area contributed by atoms with Gasteiger partial charge in [-0.15, -0.1) is 0 Å².